The molecule has 180 valence electrons. The fourth-order valence-electron chi connectivity index (χ4n) is 11.0. The largest absolute Gasteiger partial charge is 0.393 e. The monoisotopic (exact) mass is 440 g/mol. The van der Waals surface area contributed by atoms with Crippen LogP contribution in [-0.2, 0) is 4.79 Å². The van der Waals surface area contributed by atoms with Gasteiger partial charge in [-0.3, -0.25) is 4.79 Å². The SMILES string of the molecule is CC1=CCC2(C)C(=O)CC3(C)C(CCC4C5(C)CCC(O)C(C)(C)C5CCC43C)C2C1C. The molecule has 1 N–H and O–H groups in total. The summed E-state index contributed by atoms with van der Waals surface area (Å²) in [7, 11) is 0. The van der Waals surface area contributed by atoms with Crippen molar-refractivity contribution in [1.29, 1.82) is 0 Å². The summed E-state index contributed by atoms with van der Waals surface area (Å²) in [5.41, 5.74) is 1.93. The Hall–Kier alpha value is -0.630. The van der Waals surface area contributed by atoms with E-state index in [1.807, 2.05) is 0 Å². The molecule has 5 aliphatic carbocycles. The van der Waals surface area contributed by atoms with Crippen molar-refractivity contribution in [2.45, 2.75) is 113 Å². The highest BCUT2D eigenvalue weighted by Crippen LogP contribution is 2.76. The zero-order valence-corrected chi connectivity index (χ0v) is 22.1. The molecule has 0 aromatic carbocycles. The van der Waals surface area contributed by atoms with Crippen LogP contribution >= 0.6 is 0 Å². The zero-order chi connectivity index (χ0) is 23.5. The Kier molecular flexibility index (Phi) is 4.87. The van der Waals surface area contributed by atoms with E-state index in [1.54, 1.807) is 0 Å². The molecule has 2 nitrogen and oxygen atoms in total. The lowest BCUT2D eigenvalue weighted by molar-refractivity contribution is -0.245. The van der Waals surface area contributed by atoms with E-state index in [-0.39, 0.29) is 33.2 Å². The van der Waals surface area contributed by atoms with Crippen LogP contribution in [0.1, 0.15) is 107 Å². The summed E-state index contributed by atoms with van der Waals surface area (Å²) in [5.74, 6) is 3.44. The van der Waals surface area contributed by atoms with Gasteiger partial charge in [0.1, 0.15) is 5.78 Å². The Morgan fingerprint density at radius 2 is 1.59 bits per heavy atom. The van der Waals surface area contributed by atoms with E-state index in [0.717, 1.165) is 25.7 Å². The minimum absolute atomic E-state index is 0.00711. The highest BCUT2D eigenvalue weighted by molar-refractivity contribution is 5.87. The van der Waals surface area contributed by atoms with Gasteiger partial charge >= 0.3 is 0 Å². The minimum Gasteiger partial charge on any atom is -0.393 e. The third kappa shape index (κ3) is 2.55. The Morgan fingerprint density at radius 3 is 2.28 bits per heavy atom. The minimum atomic E-state index is -0.174. The molecule has 10 atom stereocenters. The maximum Gasteiger partial charge on any atom is 0.139 e. The van der Waals surface area contributed by atoms with Crippen LogP contribution in [0.2, 0.25) is 0 Å². The maximum absolute atomic E-state index is 13.9. The van der Waals surface area contributed by atoms with E-state index in [9.17, 15) is 9.90 Å². The number of Topliss-reactive ketones (excluding diaryl/α,β-unsaturated/α-hetero) is 1. The molecule has 0 bridgehead atoms. The molecule has 0 spiro atoms. The molecule has 0 amide bonds. The standard InChI is InChI=1S/C30H48O2/c1-18-11-14-28(6)24(32)17-30(8)20(25(28)19(18)2)9-10-22-27(5)15-13-23(31)26(3,4)21(27)12-16-29(22,30)7/h11,19-23,25,31H,9-10,12-17H2,1-8H3. The number of rotatable bonds is 0. The molecule has 0 aliphatic heterocycles. The summed E-state index contributed by atoms with van der Waals surface area (Å²) in [6.45, 7) is 19.4. The highest BCUT2D eigenvalue weighted by Gasteiger charge is 2.71. The first-order valence-electron chi connectivity index (χ1n) is 13.6. The lowest BCUT2D eigenvalue weighted by Gasteiger charge is -2.73. The molecule has 0 radical (unpaired) electrons. The van der Waals surface area contributed by atoms with Crippen LogP contribution in [0.15, 0.2) is 11.6 Å². The number of allylic oxidation sites excluding steroid dienone is 2. The number of hydrogen-bond donors (Lipinski definition) is 1. The van der Waals surface area contributed by atoms with E-state index >= 15 is 0 Å². The van der Waals surface area contributed by atoms with Gasteiger partial charge in [-0.1, -0.05) is 60.1 Å². The van der Waals surface area contributed by atoms with Gasteiger partial charge in [-0.2, -0.15) is 0 Å². The van der Waals surface area contributed by atoms with Gasteiger partial charge < -0.3 is 5.11 Å². The molecule has 4 saturated carbocycles. The number of aliphatic hydroxyl groups is 1. The number of carbonyl (C=O) groups is 1. The third-order valence-corrected chi connectivity index (χ3v) is 13.4. The summed E-state index contributed by atoms with van der Waals surface area (Å²) in [6, 6.07) is 0. The predicted molar refractivity (Wildman–Crippen MR) is 131 cm³/mol. The van der Waals surface area contributed by atoms with Crippen LogP contribution in [0.3, 0.4) is 0 Å². The van der Waals surface area contributed by atoms with Crippen molar-refractivity contribution >= 4 is 5.78 Å². The molecule has 0 aromatic rings. The molecule has 5 rings (SSSR count). The van der Waals surface area contributed by atoms with E-state index in [0.29, 0.717) is 35.4 Å². The van der Waals surface area contributed by atoms with Gasteiger partial charge in [-0.25, -0.2) is 0 Å². The second-order valence-corrected chi connectivity index (χ2v) is 14.5. The molecule has 2 heteroatoms. The number of hydrogen-bond acceptors (Lipinski definition) is 2. The lowest BCUT2D eigenvalue weighted by atomic mass is 9.31. The molecular weight excluding hydrogens is 392 g/mol. The van der Waals surface area contributed by atoms with Gasteiger partial charge in [0.25, 0.3) is 0 Å². The molecule has 5 aliphatic rings. The van der Waals surface area contributed by atoms with Crippen LogP contribution in [0, 0.1) is 56.7 Å². The first-order chi connectivity index (χ1) is 14.7. The summed E-state index contributed by atoms with van der Waals surface area (Å²) in [5, 5.41) is 10.9. The van der Waals surface area contributed by atoms with Gasteiger partial charge in [0.15, 0.2) is 0 Å². The second-order valence-electron chi connectivity index (χ2n) is 14.5. The number of fused-ring (bicyclic) bond motifs is 7. The number of aliphatic hydroxyl groups excluding tert-OH is 1. The first-order valence-corrected chi connectivity index (χ1v) is 13.6. The fourth-order valence-corrected chi connectivity index (χ4v) is 11.0. The summed E-state index contributed by atoms with van der Waals surface area (Å²) >= 11 is 0. The van der Waals surface area contributed by atoms with Crippen LogP contribution in [0.4, 0.5) is 0 Å². The topological polar surface area (TPSA) is 37.3 Å². The average molecular weight is 441 g/mol. The number of carbonyl (C=O) groups excluding carboxylic acids is 1. The molecule has 0 saturated heterocycles. The lowest BCUT2D eigenvalue weighted by Crippen LogP contribution is -2.68. The van der Waals surface area contributed by atoms with Crippen molar-refractivity contribution in [3.8, 4) is 0 Å². The fraction of sp³-hybridized carbons (Fsp3) is 0.900. The van der Waals surface area contributed by atoms with Gasteiger partial charge in [0.05, 0.1) is 6.10 Å². The maximum atomic E-state index is 13.9. The smallest absolute Gasteiger partial charge is 0.139 e. The molecule has 10 unspecified atom stereocenters. The predicted octanol–water partition coefficient (Wildman–Crippen LogP) is 7.20. The Balaban J connectivity index is 1.58. The third-order valence-electron chi connectivity index (χ3n) is 13.4. The van der Waals surface area contributed by atoms with Gasteiger partial charge in [0, 0.05) is 11.8 Å². The van der Waals surface area contributed by atoms with Crippen molar-refractivity contribution in [1.82, 2.24) is 0 Å². The Labute approximate surface area is 197 Å². The van der Waals surface area contributed by atoms with E-state index in [2.05, 4.69) is 61.5 Å². The van der Waals surface area contributed by atoms with Gasteiger partial charge in [-0.15, -0.1) is 0 Å². The molecule has 4 fully saturated rings. The average Bonchev–Trinajstić information content (AvgIpc) is 2.70. The first kappa shape index (κ1) is 23.1. The molecular formula is C30H48O2. The van der Waals surface area contributed by atoms with E-state index in [4.69, 9.17) is 0 Å². The molecule has 0 heterocycles. The summed E-state index contributed by atoms with van der Waals surface area (Å²) < 4.78 is 0. The van der Waals surface area contributed by atoms with Gasteiger partial charge in [0.2, 0.25) is 0 Å². The van der Waals surface area contributed by atoms with Crippen LogP contribution < -0.4 is 0 Å². The quantitative estimate of drug-likeness (QED) is 0.404. The van der Waals surface area contributed by atoms with Crippen molar-refractivity contribution < 1.29 is 9.90 Å². The number of ketones is 1. The van der Waals surface area contributed by atoms with Crippen molar-refractivity contribution in [2.75, 3.05) is 0 Å². The van der Waals surface area contributed by atoms with Crippen molar-refractivity contribution in [3.63, 3.8) is 0 Å². The Morgan fingerprint density at radius 1 is 0.906 bits per heavy atom. The highest BCUT2D eigenvalue weighted by atomic mass is 16.3. The van der Waals surface area contributed by atoms with Crippen molar-refractivity contribution in [2.24, 2.45) is 56.7 Å². The van der Waals surface area contributed by atoms with E-state index in [1.165, 1.54) is 31.3 Å². The second kappa shape index (κ2) is 6.73. The molecule has 0 aromatic heterocycles. The van der Waals surface area contributed by atoms with Crippen LogP contribution in [0.5, 0.6) is 0 Å². The Bertz CT molecular complexity index is 855. The molecule has 32 heavy (non-hydrogen) atoms. The zero-order valence-electron chi connectivity index (χ0n) is 22.1. The van der Waals surface area contributed by atoms with Crippen LogP contribution in [0.25, 0.3) is 0 Å². The summed E-state index contributed by atoms with van der Waals surface area (Å²) in [4.78, 5) is 13.9. The summed E-state index contributed by atoms with van der Waals surface area (Å²) in [6.07, 6.45) is 11.0. The van der Waals surface area contributed by atoms with Gasteiger partial charge in [-0.05, 0) is 103 Å². The van der Waals surface area contributed by atoms with Crippen molar-refractivity contribution in [3.05, 3.63) is 11.6 Å². The van der Waals surface area contributed by atoms with E-state index < -0.39 is 0 Å². The normalized spacial score (nSPS) is 56.9. The van der Waals surface area contributed by atoms with Crippen LogP contribution in [-0.4, -0.2) is 17.0 Å².